The Morgan fingerprint density at radius 2 is 1.58 bits per heavy atom. The van der Waals surface area contributed by atoms with Gasteiger partial charge in [-0.1, -0.05) is 24.3 Å². The number of carbonyl (C=O) groups excluding carboxylic acids is 2. The normalized spacial score (nSPS) is 16.9. The van der Waals surface area contributed by atoms with Crippen molar-refractivity contribution in [2.24, 2.45) is 0 Å². The highest BCUT2D eigenvalue weighted by Gasteiger charge is 2.22. The van der Waals surface area contributed by atoms with Crippen LogP contribution in [0.3, 0.4) is 0 Å². The van der Waals surface area contributed by atoms with E-state index in [0.29, 0.717) is 24.2 Å². The molecule has 0 saturated carbocycles. The zero-order valence-corrected chi connectivity index (χ0v) is 22.3. The van der Waals surface area contributed by atoms with Gasteiger partial charge in [-0.2, -0.15) is 0 Å². The number of hydrogen-bond acceptors (Lipinski definition) is 6. The summed E-state index contributed by atoms with van der Waals surface area (Å²) in [5.74, 6) is -0.183. The first-order valence-corrected chi connectivity index (χ1v) is 14.6. The van der Waals surface area contributed by atoms with Crippen molar-refractivity contribution in [1.82, 2.24) is 10.2 Å². The van der Waals surface area contributed by atoms with E-state index in [2.05, 4.69) is 28.6 Å². The maximum absolute atomic E-state index is 12.9. The number of sulfone groups is 1. The van der Waals surface area contributed by atoms with Crippen molar-refractivity contribution in [3.05, 3.63) is 94.5 Å². The maximum atomic E-state index is 12.9. The Bertz CT molecular complexity index is 1460. The van der Waals surface area contributed by atoms with Crippen molar-refractivity contribution in [1.29, 1.82) is 0 Å². The Morgan fingerprint density at radius 3 is 2.37 bits per heavy atom. The van der Waals surface area contributed by atoms with Crippen LogP contribution in [-0.4, -0.2) is 63.3 Å². The molecule has 0 atom stereocenters. The maximum Gasteiger partial charge on any atom is 0.255 e. The predicted molar refractivity (Wildman–Crippen MR) is 149 cm³/mol. The lowest BCUT2D eigenvalue weighted by Gasteiger charge is -2.29. The monoisotopic (exact) mass is 532 g/mol. The molecule has 0 aromatic heterocycles. The Kier molecular flexibility index (Phi) is 7.49. The van der Waals surface area contributed by atoms with Gasteiger partial charge in [0.2, 0.25) is 0 Å². The average Bonchev–Trinajstić information content (AvgIpc) is 2.91. The third-order valence-electron chi connectivity index (χ3n) is 7.13. The molecule has 2 aliphatic heterocycles. The Labute approximate surface area is 223 Å². The molecule has 0 aliphatic carbocycles. The molecule has 2 aliphatic rings. The van der Waals surface area contributed by atoms with E-state index in [9.17, 15) is 18.0 Å². The average molecular weight is 533 g/mol. The van der Waals surface area contributed by atoms with Crippen LogP contribution in [0.15, 0.2) is 66.7 Å². The van der Waals surface area contributed by atoms with Crippen molar-refractivity contribution in [2.45, 2.75) is 19.5 Å². The van der Waals surface area contributed by atoms with Crippen LogP contribution in [-0.2, 0) is 29.3 Å². The fourth-order valence-electron chi connectivity index (χ4n) is 4.90. The second-order valence-corrected chi connectivity index (χ2v) is 12.3. The zero-order chi connectivity index (χ0) is 26.7. The van der Waals surface area contributed by atoms with E-state index in [1.54, 1.807) is 30.3 Å². The van der Waals surface area contributed by atoms with Crippen LogP contribution in [0.1, 0.15) is 37.4 Å². The van der Waals surface area contributed by atoms with Crippen LogP contribution < -0.4 is 15.5 Å². The molecule has 0 radical (unpaired) electrons. The highest BCUT2D eigenvalue weighted by molar-refractivity contribution is 7.91. The second-order valence-electron chi connectivity index (χ2n) is 10.00. The van der Waals surface area contributed by atoms with E-state index in [4.69, 9.17) is 0 Å². The Balaban J connectivity index is 1.19. The summed E-state index contributed by atoms with van der Waals surface area (Å²) >= 11 is 0. The van der Waals surface area contributed by atoms with E-state index >= 15 is 0 Å². The number of likely N-dealkylation sites (N-methyl/N-ethyl adjacent to an activating group) is 1. The first-order valence-electron chi connectivity index (χ1n) is 12.8. The molecular weight excluding hydrogens is 500 g/mol. The molecule has 0 unspecified atom stereocenters. The van der Waals surface area contributed by atoms with Gasteiger partial charge in [0, 0.05) is 55.2 Å². The molecule has 0 bridgehead atoms. The standard InChI is InChI=1S/C29H32N4O4S/c1-32-11-10-22-8-9-26(17-25(22)20-32)31-29(35)23-5-2-4-21(16-23)19-30-28(34)24-6-3-7-27(18-24)33-12-14-38(36,37)15-13-33/h2-9,16-18H,10-15,19-20H2,1H3,(H,30,34)(H,31,35). The number of amides is 2. The molecule has 2 amide bonds. The second kappa shape index (κ2) is 11.0. The molecule has 5 rings (SSSR count). The fraction of sp³-hybridized carbons (Fsp3) is 0.310. The van der Waals surface area contributed by atoms with Crippen LogP contribution >= 0.6 is 0 Å². The van der Waals surface area contributed by atoms with Gasteiger partial charge in [-0.05, 0) is 72.6 Å². The summed E-state index contributed by atoms with van der Waals surface area (Å²) in [4.78, 5) is 30.0. The van der Waals surface area contributed by atoms with Crippen LogP contribution in [0.25, 0.3) is 0 Å². The lowest BCUT2D eigenvalue weighted by Crippen LogP contribution is -2.40. The van der Waals surface area contributed by atoms with E-state index in [1.165, 1.54) is 11.1 Å². The van der Waals surface area contributed by atoms with Crippen LogP contribution in [0.2, 0.25) is 0 Å². The Morgan fingerprint density at radius 1 is 0.842 bits per heavy atom. The van der Waals surface area contributed by atoms with Crippen molar-refractivity contribution >= 4 is 33.0 Å². The quantitative estimate of drug-likeness (QED) is 0.506. The van der Waals surface area contributed by atoms with Gasteiger partial charge >= 0.3 is 0 Å². The number of anilines is 2. The summed E-state index contributed by atoms with van der Waals surface area (Å²) in [5.41, 5.74) is 6.01. The smallest absolute Gasteiger partial charge is 0.255 e. The molecule has 1 saturated heterocycles. The van der Waals surface area contributed by atoms with Gasteiger partial charge in [0.1, 0.15) is 0 Å². The van der Waals surface area contributed by atoms with Gasteiger partial charge in [-0.15, -0.1) is 0 Å². The third-order valence-corrected chi connectivity index (χ3v) is 8.74. The largest absolute Gasteiger partial charge is 0.369 e. The van der Waals surface area contributed by atoms with Gasteiger partial charge in [0.15, 0.2) is 9.84 Å². The number of nitrogens with one attached hydrogen (secondary N) is 2. The number of carbonyl (C=O) groups is 2. The molecule has 3 aromatic rings. The number of rotatable bonds is 6. The fourth-order valence-corrected chi connectivity index (χ4v) is 6.10. The minimum Gasteiger partial charge on any atom is -0.369 e. The van der Waals surface area contributed by atoms with Crippen molar-refractivity contribution < 1.29 is 18.0 Å². The first-order chi connectivity index (χ1) is 18.3. The molecule has 198 valence electrons. The van der Waals surface area contributed by atoms with E-state index < -0.39 is 9.84 Å². The van der Waals surface area contributed by atoms with E-state index in [1.807, 2.05) is 35.2 Å². The highest BCUT2D eigenvalue weighted by Crippen LogP contribution is 2.23. The van der Waals surface area contributed by atoms with E-state index in [0.717, 1.165) is 36.4 Å². The van der Waals surface area contributed by atoms with Crippen LogP contribution in [0.4, 0.5) is 11.4 Å². The summed E-state index contributed by atoms with van der Waals surface area (Å²) in [6, 6.07) is 20.5. The van der Waals surface area contributed by atoms with Gasteiger partial charge in [0.25, 0.3) is 11.8 Å². The number of fused-ring (bicyclic) bond motifs is 1. The molecule has 2 N–H and O–H groups in total. The topological polar surface area (TPSA) is 98.8 Å². The molecule has 8 nitrogen and oxygen atoms in total. The van der Waals surface area contributed by atoms with Gasteiger partial charge < -0.3 is 20.4 Å². The first kappa shape index (κ1) is 25.9. The molecule has 1 fully saturated rings. The number of nitrogens with zero attached hydrogens (tertiary/aromatic N) is 2. The van der Waals surface area contributed by atoms with E-state index in [-0.39, 0.29) is 29.9 Å². The zero-order valence-electron chi connectivity index (χ0n) is 21.4. The molecule has 38 heavy (non-hydrogen) atoms. The van der Waals surface area contributed by atoms with Gasteiger partial charge in [-0.3, -0.25) is 9.59 Å². The summed E-state index contributed by atoms with van der Waals surface area (Å²) < 4.78 is 23.5. The van der Waals surface area contributed by atoms with Crippen LogP contribution in [0.5, 0.6) is 0 Å². The number of benzene rings is 3. The van der Waals surface area contributed by atoms with Crippen molar-refractivity contribution in [3.8, 4) is 0 Å². The molecule has 2 heterocycles. The summed E-state index contributed by atoms with van der Waals surface area (Å²) in [6.07, 6.45) is 1.01. The summed E-state index contributed by atoms with van der Waals surface area (Å²) in [5, 5.41) is 5.92. The van der Waals surface area contributed by atoms with Gasteiger partial charge in [0.05, 0.1) is 11.5 Å². The summed E-state index contributed by atoms with van der Waals surface area (Å²) in [6.45, 7) is 3.03. The van der Waals surface area contributed by atoms with Crippen molar-refractivity contribution in [3.63, 3.8) is 0 Å². The lowest BCUT2D eigenvalue weighted by molar-refractivity contribution is 0.0950. The van der Waals surface area contributed by atoms with Crippen LogP contribution in [0, 0.1) is 0 Å². The number of hydrogen-bond donors (Lipinski definition) is 2. The van der Waals surface area contributed by atoms with Gasteiger partial charge in [-0.25, -0.2) is 8.42 Å². The molecule has 0 spiro atoms. The Hall–Kier alpha value is -3.69. The minimum absolute atomic E-state index is 0.122. The third kappa shape index (κ3) is 6.23. The minimum atomic E-state index is -2.97. The highest BCUT2D eigenvalue weighted by atomic mass is 32.2. The molecular formula is C29H32N4O4S. The molecule has 9 heteroatoms. The SMILES string of the molecule is CN1CCc2ccc(NC(=O)c3cccc(CNC(=O)c4cccc(N5CCS(=O)(=O)CC5)c4)c3)cc2C1. The van der Waals surface area contributed by atoms with Crippen molar-refractivity contribution in [2.75, 3.05) is 48.4 Å². The lowest BCUT2D eigenvalue weighted by atomic mass is 9.99. The predicted octanol–water partition coefficient (Wildman–Crippen LogP) is 3.09. The summed E-state index contributed by atoms with van der Waals surface area (Å²) in [7, 11) is -0.878. The molecule has 3 aromatic carbocycles.